The van der Waals surface area contributed by atoms with Crippen molar-refractivity contribution < 1.29 is 9.05 Å². The smallest absolute Gasteiger partial charge is 0.273 e. The van der Waals surface area contributed by atoms with Gasteiger partial charge >= 0.3 is 0 Å². The summed E-state index contributed by atoms with van der Waals surface area (Å²) in [5.41, 5.74) is 0. The molecule has 0 fully saturated rings. The standard InChI is InChI=1S/C7H19N2O2P/c1-6-10-12(11-7-2)9(5)8(3)4/h6-7H2,1-5H3. The van der Waals surface area contributed by atoms with Gasteiger partial charge in [0.15, 0.2) is 0 Å². The van der Waals surface area contributed by atoms with Gasteiger partial charge in [0.05, 0.1) is 13.2 Å². The molecule has 0 spiro atoms. The van der Waals surface area contributed by atoms with Crippen LogP contribution in [0.2, 0.25) is 0 Å². The fourth-order valence-electron chi connectivity index (χ4n) is 0.571. The van der Waals surface area contributed by atoms with Crippen LogP contribution in [-0.4, -0.2) is 44.1 Å². The Morgan fingerprint density at radius 3 is 1.67 bits per heavy atom. The summed E-state index contributed by atoms with van der Waals surface area (Å²) >= 11 is 0. The Kier molecular flexibility index (Phi) is 6.90. The van der Waals surface area contributed by atoms with E-state index in [1.807, 2.05) is 44.8 Å². The minimum atomic E-state index is -0.902. The van der Waals surface area contributed by atoms with Crippen LogP contribution in [0.15, 0.2) is 0 Å². The van der Waals surface area contributed by atoms with Gasteiger partial charge < -0.3 is 9.05 Å². The first-order chi connectivity index (χ1) is 5.63. The quantitative estimate of drug-likeness (QED) is 0.474. The summed E-state index contributed by atoms with van der Waals surface area (Å²) in [5.74, 6) is 0. The van der Waals surface area contributed by atoms with E-state index in [9.17, 15) is 0 Å². The molecule has 0 heterocycles. The first-order valence-corrected chi connectivity index (χ1v) is 5.23. The second-order valence-corrected chi connectivity index (χ2v) is 3.98. The molecule has 0 aliphatic rings. The van der Waals surface area contributed by atoms with Crippen molar-refractivity contribution in [2.45, 2.75) is 13.8 Å². The van der Waals surface area contributed by atoms with E-state index < -0.39 is 8.53 Å². The lowest BCUT2D eigenvalue weighted by atomic mass is 10.9. The first kappa shape index (κ1) is 12.3. The fraction of sp³-hybridized carbons (Fsp3) is 1.00. The molecule has 0 aromatic heterocycles. The largest absolute Gasteiger partial charge is 0.321 e. The molecule has 12 heavy (non-hydrogen) atoms. The fourth-order valence-corrected chi connectivity index (χ4v) is 1.71. The van der Waals surface area contributed by atoms with Crippen LogP contribution in [-0.2, 0) is 9.05 Å². The zero-order valence-electron chi connectivity index (χ0n) is 8.57. The van der Waals surface area contributed by atoms with E-state index in [1.54, 1.807) is 0 Å². The Morgan fingerprint density at radius 2 is 1.42 bits per heavy atom. The van der Waals surface area contributed by atoms with Crippen LogP contribution >= 0.6 is 8.53 Å². The van der Waals surface area contributed by atoms with Crippen molar-refractivity contribution >= 4 is 8.53 Å². The van der Waals surface area contributed by atoms with Gasteiger partial charge in [0.1, 0.15) is 0 Å². The molecule has 0 bridgehead atoms. The van der Waals surface area contributed by atoms with Crippen molar-refractivity contribution in [3.05, 3.63) is 0 Å². The van der Waals surface area contributed by atoms with Gasteiger partial charge in [-0.2, -0.15) is 4.78 Å². The number of hydrogen-bond donors (Lipinski definition) is 0. The SMILES string of the molecule is CCOP(OCC)N(C)N(C)C. The molecule has 0 aliphatic carbocycles. The van der Waals surface area contributed by atoms with Crippen molar-refractivity contribution in [3.8, 4) is 0 Å². The third kappa shape index (κ3) is 4.33. The Hall–Kier alpha value is 0.270. The summed E-state index contributed by atoms with van der Waals surface area (Å²) < 4.78 is 12.8. The van der Waals surface area contributed by atoms with Crippen LogP contribution in [0.3, 0.4) is 0 Å². The lowest BCUT2D eigenvalue weighted by Crippen LogP contribution is -2.29. The van der Waals surface area contributed by atoms with Crippen LogP contribution in [0.1, 0.15) is 13.8 Å². The van der Waals surface area contributed by atoms with Gasteiger partial charge in [0.2, 0.25) is 0 Å². The second-order valence-electron chi connectivity index (χ2n) is 2.41. The van der Waals surface area contributed by atoms with Crippen LogP contribution < -0.4 is 0 Å². The van der Waals surface area contributed by atoms with Crippen molar-refractivity contribution in [1.82, 2.24) is 9.79 Å². The zero-order chi connectivity index (χ0) is 9.56. The van der Waals surface area contributed by atoms with E-state index in [0.717, 1.165) is 0 Å². The topological polar surface area (TPSA) is 24.9 Å². The van der Waals surface area contributed by atoms with Crippen molar-refractivity contribution in [3.63, 3.8) is 0 Å². The molecule has 0 radical (unpaired) electrons. The molecule has 0 unspecified atom stereocenters. The van der Waals surface area contributed by atoms with Gasteiger partial charge in [-0.1, -0.05) is 0 Å². The molecule has 0 saturated heterocycles. The first-order valence-electron chi connectivity index (χ1n) is 4.10. The van der Waals surface area contributed by atoms with Crippen LogP contribution in [0.4, 0.5) is 0 Å². The summed E-state index contributed by atoms with van der Waals surface area (Å²) in [6.07, 6.45) is 0. The summed E-state index contributed by atoms with van der Waals surface area (Å²) in [7, 11) is 4.98. The van der Waals surface area contributed by atoms with Crippen LogP contribution in [0, 0.1) is 0 Å². The van der Waals surface area contributed by atoms with Crippen molar-refractivity contribution in [2.75, 3.05) is 34.4 Å². The monoisotopic (exact) mass is 194 g/mol. The van der Waals surface area contributed by atoms with Gasteiger partial charge in [-0.25, -0.2) is 5.01 Å². The maximum Gasteiger partial charge on any atom is 0.273 e. The van der Waals surface area contributed by atoms with Crippen molar-refractivity contribution in [1.29, 1.82) is 0 Å². The Morgan fingerprint density at radius 1 is 1.00 bits per heavy atom. The third-order valence-electron chi connectivity index (χ3n) is 1.29. The number of hydrazine groups is 1. The molecule has 4 nitrogen and oxygen atoms in total. The number of rotatable bonds is 6. The molecule has 5 heteroatoms. The summed E-state index contributed by atoms with van der Waals surface area (Å²) in [6.45, 7) is 5.31. The maximum absolute atomic E-state index is 5.43. The number of nitrogens with zero attached hydrogens (tertiary/aromatic N) is 2. The average molecular weight is 194 g/mol. The summed E-state index contributed by atoms with van der Waals surface area (Å²) in [4.78, 5) is 0. The zero-order valence-corrected chi connectivity index (χ0v) is 9.47. The van der Waals surface area contributed by atoms with Gasteiger partial charge in [-0.3, -0.25) is 0 Å². The van der Waals surface area contributed by atoms with Gasteiger partial charge in [0, 0.05) is 21.1 Å². The van der Waals surface area contributed by atoms with E-state index in [1.165, 1.54) is 0 Å². The molecular formula is C7H19N2O2P. The Bertz CT molecular complexity index is 108. The molecule has 0 saturated carbocycles. The van der Waals surface area contributed by atoms with E-state index >= 15 is 0 Å². The van der Waals surface area contributed by atoms with Crippen LogP contribution in [0.25, 0.3) is 0 Å². The van der Waals surface area contributed by atoms with E-state index in [2.05, 4.69) is 0 Å². The molecule has 74 valence electrons. The molecule has 0 aromatic carbocycles. The lowest BCUT2D eigenvalue weighted by molar-refractivity contribution is 0.108. The minimum Gasteiger partial charge on any atom is -0.321 e. The normalized spacial score (nSPS) is 12.0. The van der Waals surface area contributed by atoms with Gasteiger partial charge in [-0.05, 0) is 13.8 Å². The molecule has 0 N–H and O–H groups in total. The molecule has 0 aromatic rings. The number of hydrogen-bond acceptors (Lipinski definition) is 4. The molecule has 0 amide bonds. The molecular weight excluding hydrogens is 175 g/mol. The molecule has 0 atom stereocenters. The second kappa shape index (κ2) is 6.75. The highest BCUT2D eigenvalue weighted by Crippen LogP contribution is 2.41. The van der Waals surface area contributed by atoms with Gasteiger partial charge in [0.25, 0.3) is 8.53 Å². The van der Waals surface area contributed by atoms with Crippen molar-refractivity contribution in [2.24, 2.45) is 0 Å². The van der Waals surface area contributed by atoms with E-state index in [4.69, 9.17) is 9.05 Å². The minimum absolute atomic E-state index is 0.684. The average Bonchev–Trinajstić information content (AvgIpc) is 2.03. The summed E-state index contributed by atoms with van der Waals surface area (Å²) in [6, 6.07) is 0. The van der Waals surface area contributed by atoms with E-state index in [0.29, 0.717) is 13.2 Å². The highest BCUT2D eigenvalue weighted by molar-refractivity contribution is 7.44. The molecule has 0 aliphatic heterocycles. The third-order valence-corrected chi connectivity index (χ3v) is 3.08. The Labute approximate surface area is 76.4 Å². The van der Waals surface area contributed by atoms with Gasteiger partial charge in [-0.15, -0.1) is 0 Å². The predicted octanol–water partition coefficient (Wildman–Crippen LogP) is 1.69. The van der Waals surface area contributed by atoms with Crippen LogP contribution in [0.5, 0.6) is 0 Å². The predicted molar refractivity (Wildman–Crippen MR) is 51.6 cm³/mol. The highest BCUT2D eigenvalue weighted by atomic mass is 31.2. The lowest BCUT2D eigenvalue weighted by Gasteiger charge is -2.29. The van der Waals surface area contributed by atoms with E-state index in [-0.39, 0.29) is 0 Å². The summed E-state index contributed by atoms with van der Waals surface area (Å²) in [5, 5.41) is 1.96. The maximum atomic E-state index is 5.43. The highest BCUT2D eigenvalue weighted by Gasteiger charge is 2.17. The Balaban J connectivity index is 3.89. The molecule has 0 rings (SSSR count).